The van der Waals surface area contributed by atoms with Crippen LogP contribution in [0.15, 0.2) is 53.0 Å². The van der Waals surface area contributed by atoms with Crippen LogP contribution in [0.2, 0.25) is 5.02 Å². The SMILES string of the molecule is O=C(O)c1cc(-c2ccccc2Br)nc2ccc(Cl)cc12. The monoisotopic (exact) mass is 361 g/mol. The van der Waals surface area contributed by atoms with Crippen LogP contribution in [0.1, 0.15) is 10.4 Å². The molecule has 0 amide bonds. The lowest BCUT2D eigenvalue weighted by Crippen LogP contribution is -2.00. The predicted molar refractivity (Wildman–Crippen MR) is 86.8 cm³/mol. The Morgan fingerprint density at radius 3 is 2.62 bits per heavy atom. The van der Waals surface area contributed by atoms with Gasteiger partial charge in [0.25, 0.3) is 0 Å². The first-order chi connectivity index (χ1) is 10.1. The van der Waals surface area contributed by atoms with Crippen LogP contribution in [-0.4, -0.2) is 16.1 Å². The smallest absolute Gasteiger partial charge is 0.336 e. The van der Waals surface area contributed by atoms with E-state index in [1.807, 2.05) is 24.3 Å². The molecule has 0 saturated heterocycles. The molecule has 0 radical (unpaired) electrons. The lowest BCUT2D eigenvalue weighted by Gasteiger charge is -2.08. The summed E-state index contributed by atoms with van der Waals surface area (Å²) in [6.07, 6.45) is 0. The van der Waals surface area contributed by atoms with Gasteiger partial charge in [0, 0.05) is 20.4 Å². The van der Waals surface area contributed by atoms with E-state index in [9.17, 15) is 9.90 Å². The van der Waals surface area contributed by atoms with Gasteiger partial charge in [-0.2, -0.15) is 0 Å². The molecule has 21 heavy (non-hydrogen) atoms. The molecule has 3 aromatic rings. The molecule has 1 heterocycles. The Balaban J connectivity index is 2.34. The molecular weight excluding hydrogens is 354 g/mol. The normalized spacial score (nSPS) is 10.8. The molecule has 5 heteroatoms. The number of rotatable bonds is 2. The van der Waals surface area contributed by atoms with Crippen molar-refractivity contribution in [3.05, 3.63) is 63.6 Å². The van der Waals surface area contributed by atoms with Crippen molar-refractivity contribution in [1.29, 1.82) is 0 Å². The molecule has 0 fully saturated rings. The Kier molecular flexibility index (Phi) is 3.66. The summed E-state index contributed by atoms with van der Waals surface area (Å²) in [6, 6.07) is 14.2. The predicted octanol–water partition coefficient (Wildman–Crippen LogP) is 5.02. The molecule has 0 saturated carbocycles. The quantitative estimate of drug-likeness (QED) is 0.696. The number of pyridine rings is 1. The first-order valence-electron chi connectivity index (χ1n) is 6.15. The first kappa shape index (κ1) is 14.0. The van der Waals surface area contributed by atoms with Crippen molar-refractivity contribution in [2.24, 2.45) is 0 Å². The summed E-state index contributed by atoms with van der Waals surface area (Å²) in [5.41, 5.74) is 2.24. The van der Waals surface area contributed by atoms with Crippen molar-refractivity contribution >= 4 is 44.4 Å². The Hall–Kier alpha value is -1.91. The van der Waals surface area contributed by atoms with Crippen molar-refractivity contribution in [2.75, 3.05) is 0 Å². The number of carboxylic acid groups (broad SMARTS) is 1. The van der Waals surface area contributed by atoms with E-state index >= 15 is 0 Å². The highest BCUT2D eigenvalue weighted by Gasteiger charge is 2.14. The fourth-order valence-electron chi connectivity index (χ4n) is 2.18. The van der Waals surface area contributed by atoms with Crippen LogP contribution < -0.4 is 0 Å². The molecule has 3 rings (SSSR count). The molecular formula is C16H9BrClNO2. The molecule has 2 aromatic carbocycles. The van der Waals surface area contributed by atoms with E-state index in [0.29, 0.717) is 21.6 Å². The maximum Gasteiger partial charge on any atom is 0.336 e. The highest BCUT2D eigenvalue weighted by atomic mass is 79.9. The summed E-state index contributed by atoms with van der Waals surface area (Å²) in [7, 11) is 0. The van der Waals surface area contributed by atoms with E-state index in [1.54, 1.807) is 24.3 Å². The number of benzene rings is 2. The minimum Gasteiger partial charge on any atom is -0.478 e. The van der Waals surface area contributed by atoms with Gasteiger partial charge in [-0.1, -0.05) is 45.7 Å². The molecule has 1 N–H and O–H groups in total. The van der Waals surface area contributed by atoms with Crippen LogP contribution >= 0.6 is 27.5 Å². The fourth-order valence-corrected chi connectivity index (χ4v) is 2.84. The average Bonchev–Trinajstić information content (AvgIpc) is 2.46. The zero-order valence-electron chi connectivity index (χ0n) is 10.7. The number of halogens is 2. The van der Waals surface area contributed by atoms with Crippen LogP contribution in [0.5, 0.6) is 0 Å². The molecule has 0 aliphatic carbocycles. The van der Waals surface area contributed by atoms with Gasteiger partial charge in [-0.15, -0.1) is 0 Å². The van der Waals surface area contributed by atoms with E-state index < -0.39 is 5.97 Å². The van der Waals surface area contributed by atoms with Gasteiger partial charge < -0.3 is 5.11 Å². The minimum atomic E-state index is -1.00. The van der Waals surface area contributed by atoms with Crippen molar-refractivity contribution < 1.29 is 9.90 Å². The molecule has 0 unspecified atom stereocenters. The number of hydrogen-bond donors (Lipinski definition) is 1. The van der Waals surface area contributed by atoms with Gasteiger partial charge in [-0.3, -0.25) is 0 Å². The first-order valence-corrected chi connectivity index (χ1v) is 7.32. The van der Waals surface area contributed by atoms with Crippen molar-refractivity contribution in [1.82, 2.24) is 4.98 Å². The number of aromatic nitrogens is 1. The topological polar surface area (TPSA) is 50.2 Å². The van der Waals surface area contributed by atoms with Crippen LogP contribution in [-0.2, 0) is 0 Å². The van der Waals surface area contributed by atoms with Gasteiger partial charge in [0.15, 0.2) is 0 Å². The van der Waals surface area contributed by atoms with Crippen LogP contribution in [0.25, 0.3) is 22.2 Å². The van der Waals surface area contributed by atoms with Gasteiger partial charge in [-0.25, -0.2) is 9.78 Å². The number of hydrogen-bond acceptors (Lipinski definition) is 2. The van der Waals surface area contributed by atoms with Crippen LogP contribution in [0, 0.1) is 0 Å². The summed E-state index contributed by atoms with van der Waals surface area (Å²) < 4.78 is 0.863. The second-order valence-corrected chi connectivity index (χ2v) is 5.79. The van der Waals surface area contributed by atoms with E-state index in [0.717, 1.165) is 10.0 Å². The van der Waals surface area contributed by atoms with E-state index in [-0.39, 0.29) is 5.56 Å². The molecule has 1 aromatic heterocycles. The zero-order valence-corrected chi connectivity index (χ0v) is 13.0. The van der Waals surface area contributed by atoms with Crippen LogP contribution in [0.3, 0.4) is 0 Å². The minimum absolute atomic E-state index is 0.188. The van der Waals surface area contributed by atoms with E-state index in [2.05, 4.69) is 20.9 Å². The lowest BCUT2D eigenvalue weighted by atomic mass is 10.0. The summed E-state index contributed by atoms with van der Waals surface area (Å²) in [5, 5.41) is 10.5. The third-order valence-corrected chi connectivity index (χ3v) is 4.08. The van der Waals surface area contributed by atoms with Gasteiger partial charge >= 0.3 is 5.97 Å². The van der Waals surface area contributed by atoms with Crippen molar-refractivity contribution in [2.45, 2.75) is 0 Å². The molecule has 104 valence electrons. The highest BCUT2D eigenvalue weighted by Crippen LogP contribution is 2.30. The summed E-state index contributed by atoms with van der Waals surface area (Å²) in [6.45, 7) is 0. The number of fused-ring (bicyclic) bond motifs is 1. The maximum absolute atomic E-state index is 11.5. The third kappa shape index (κ3) is 2.64. The fraction of sp³-hybridized carbons (Fsp3) is 0. The molecule has 0 aliphatic rings. The van der Waals surface area contributed by atoms with Gasteiger partial charge in [0.1, 0.15) is 0 Å². The van der Waals surface area contributed by atoms with Gasteiger partial charge in [0.2, 0.25) is 0 Å². The number of nitrogens with zero attached hydrogens (tertiary/aromatic N) is 1. The van der Waals surface area contributed by atoms with Crippen molar-refractivity contribution in [3.63, 3.8) is 0 Å². The third-order valence-electron chi connectivity index (χ3n) is 3.15. The van der Waals surface area contributed by atoms with E-state index in [1.165, 1.54) is 0 Å². The Morgan fingerprint density at radius 2 is 1.90 bits per heavy atom. The Labute approximate surface area is 134 Å². The zero-order chi connectivity index (χ0) is 15.0. The largest absolute Gasteiger partial charge is 0.478 e. The second kappa shape index (κ2) is 5.47. The van der Waals surface area contributed by atoms with E-state index in [4.69, 9.17) is 11.6 Å². The lowest BCUT2D eigenvalue weighted by molar-refractivity contribution is 0.0699. The Morgan fingerprint density at radius 1 is 1.14 bits per heavy atom. The van der Waals surface area contributed by atoms with Gasteiger partial charge in [0.05, 0.1) is 16.8 Å². The summed E-state index contributed by atoms with van der Waals surface area (Å²) in [5.74, 6) is -1.00. The van der Waals surface area contributed by atoms with Crippen molar-refractivity contribution in [3.8, 4) is 11.3 Å². The number of aromatic carboxylic acids is 1. The molecule has 0 spiro atoms. The summed E-state index contributed by atoms with van der Waals surface area (Å²) in [4.78, 5) is 16.1. The molecule has 0 bridgehead atoms. The average molecular weight is 363 g/mol. The summed E-state index contributed by atoms with van der Waals surface area (Å²) >= 11 is 9.41. The molecule has 3 nitrogen and oxygen atoms in total. The van der Waals surface area contributed by atoms with Crippen LogP contribution in [0.4, 0.5) is 0 Å². The van der Waals surface area contributed by atoms with Gasteiger partial charge in [-0.05, 0) is 30.3 Å². The standard InChI is InChI=1S/C16H9BrClNO2/c17-13-4-2-1-3-10(13)15-8-12(16(20)21)11-7-9(18)5-6-14(11)19-15/h1-8H,(H,20,21). The Bertz CT molecular complexity index is 864. The number of carbonyl (C=O) groups is 1. The highest BCUT2D eigenvalue weighted by molar-refractivity contribution is 9.10. The second-order valence-electron chi connectivity index (χ2n) is 4.50. The number of carboxylic acids is 1. The maximum atomic E-state index is 11.5. The molecule has 0 atom stereocenters. The molecule has 0 aliphatic heterocycles.